The van der Waals surface area contributed by atoms with Crippen LogP contribution in [0.3, 0.4) is 0 Å². The maximum atomic E-state index is 12.8. The SMILES string of the molecule is O=C(O)CCSc1cnc(NC(=O)N(CCOC(C(F)(F)F)C(F)(F)F)C2CCCCC2)s1. The second kappa shape index (κ2) is 12.1. The lowest BCUT2D eigenvalue weighted by Gasteiger charge is -2.34. The fraction of sp³-hybridized carbons (Fsp3) is 0.722. The van der Waals surface area contributed by atoms with Gasteiger partial charge in [-0.3, -0.25) is 10.1 Å². The van der Waals surface area contributed by atoms with E-state index >= 15 is 0 Å². The summed E-state index contributed by atoms with van der Waals surface area (Å²) in [5.74, 6) is -0.653. The third kappa shape index (κ3) is 9.20. The Morgan fingerprint density at radius 2 is 1.85 bits per heavy atom. The monoisotopic (exact) mass is 523 g/mol. The minimum atomic E-state index is -5.62. The van der Waals surface area contributed by atoms with Gasteiger partial charge in [-0.25, -0.2) is 9.78 Å². The van der Waals surface area contributed by atoms with Crippen molar-refractivity contribution in [2.75, 3.05) is 24.2 Å². The number of halogens is 6. The molecule has 33 heavy (non-hydrogen) atoms. The molecular formula is C18H23F6N3O4S2. The number of thiazole rings is 1. The number of urea groups is 1. The average Bonchev–Trinajstić information content (AvgIpc) is 3.13. The number of carboxylic acid groups (broad SMARTS) is 1. The topological polar surface area (TPSA) is 91.8 Å². The molecule has 0 aromatic carbocycles. The Morgan fingerprint density at radius 3 is 2.42 bits per heavy atom. The van der Waals surface area contributed by atoms with Crippen LogP contribution >= 0.6 is 23.1 Å². The van der Waals surface area contributed by atoms with Gasteiger partial charge in [0.05, 0.1) is 23.4 Å². The Morgan fingerprint density at radius 1 is 1.21 bits per heavy atom. The number of anilines is 1. The van der Waals surface area contributed by atoms with Crippen LogP contribution in [0.25, 0.3) is 0 Å². The highest BCUT2D eigenvalue weighted by Crippen LogP contribution is 2.36. The number of amides is 2. The minimum absolute atomic E-state index is 0.0590. The molecule has 0 spiro atoms. The highest BCUT2D eigenvalue weighted by Gasteiger charge is 2.58. The molecule has 7 nitrogen and oxygen atoms in total. The molecule has 1 aromatic rings. The molecule has 0 aliphatic heterocycles. The zero-order valence-corrected chi connectivity index (χ0v) is 18.9. The van der Waals surface area contributed by atoms with Crippen molar-refractivity contribution >= 4 is 40.2 Å². The van der Waals surface area contributed by atoms with Gasteiger partial charge >= 0.3 is 24.4 Å². The third-order valence-electron chi connectivity index (χ3n) is 4.75. The Bertz CT molecular complexity index is 770. The average molecular weight is 524 g/mol. The first-order chi connectivity index (χ1) is 15.4. The van der Waals surface area contributed by atoms with Crippen LogP contribution in [0.2, 0.25) is 0 Å². The largest absolute Gasteiger partial charge is 0.481 e. The van der Waals surface area contributed by atoms with E-state index in [9.17, 15) is 35.9 Å². The van der Waals surface area contributed by atoms with Gasteiger partial charge in [0.1, 0.15) is 0 Å². The molecule has 1 saturated carbocycles. The Labute approximate surface area is 193 Å². The predicted molar refractivity (Wildman–Crippen MR) is 110 cm³/mol. The molecule has 1 aromatic heterocycles. The molecule has 1 fully saturated rings. The van der Waals surface area contributed by atoms with Gasteiger partial charge in [-0.1, -0.05) is 30.6 Å². The second-order valence-electron chi connectivity index (χ2n) is 7.23. The standard InChI is InChI=1S/C18H23F6N3O4S2/c19-17(20,21)14(18(22,23)24)31-8-7-27(11-4-2-1-3-5-11)16(30)26-15-25-10-13(33-15)32-9-6-12(28)29/h10-11,14H,1-9H2,(H,28,29)(H,25,26,30). The Hall–Kier alpha value is -1.74. The van der Waals surface area contributed by atoms with Gasteiger partial charge in [0.2, 0.25) is 6.10 Å². The van der Waals surface area contributed by atoms with E-state index in [1.54, 1.807) is 0 Å². The second-order valence-corrected chi connectivity index (χ2v) is 9.65. The number of aromatic nitrogens is 1. The van der Waals surface area contributed by atoms with Gasteiger partial charge in [0.25, 0.3) is 0 Å². The molecule has 15 heteroatoms. The quantitative estimate of drug-likeness (QED) is 0.316. The highest BCUT2D eigenvalue weighted by atomic mass is 32.2. The first-order valence-corrected chi connectivity index (χ1v) is 11.8. The molecule has 2 amide bonds. The maximum Gasteiger partial charge on any atom is 0.423 e. The number of thioether (sulfide) groups is 1. The number of ether oxygens (including phenoxy) is 1. The number of aliphatic carboxylic acids is 1. The number of carboxylic acids is 1. The van der Waals surface area contributed by atoms with Crippen molar-refractivity contribution in [3.63, 3.8) is 0 Å². The van der Waals surface area contributed by atoms with Gasteiger partial charge < -0.3 is 14.7 Å². The normalized spacial score (nSPS) is 15.6. The van der Waals surface area contributed by atoms with Crippen molar-refractivity contribution in [2.24, 2.45) is 0 Å². The lowest BCUT2D eigenvalue weighted by molar-refractivity contribution is -0.321. The summed E-state index contributed by atoms with van der Waals surface area (Å²) in [4.78, 5) is 28.6. The zero-order valence-electron chi connectivity index (χ0n) is 17.2. The van der Waals surface area contributed by atoms with E-state index in [1.165, 1.54) is 22.9 Å². The van der Waals surface area contributed by atoms with Gasteiger partial charge in [-0.15, -0.1) is 11.8 Å². The van der Waals surface area contributed by atoms with Gasteiger partial charge in [-0.05, 0) is 12.8 Å². The van der Waals surface area contributed by atoms with Crippen molar-refractivity contribution in [2.45, 2.75) is 67.2 Å². The number of nitrogens with zero attached hydrogens (tertiary/aromatic N) is 2. The van der Waals surface area contributed by atoms with E-state index in [0.29, 0.717) is 22.8 Å². The van der Waals surface area contributed by atoms with Crippen LogP contribution in [0.15, 0.2) is 10.4 Å². The molecule has 2 N–H and O–H groups in total. The number of carbonyl (C=O) groups is 2. The number of rotatable bonds is 10. The zero-order chi connectivity index (χ0) is 24.6. The van der Waals surface area contributed by atoms with E-state index in [1.807, 2.05) is 0 Å². The van der Waals surface area contributed by atoms with E-state index in [2.05, 4.69) is 15.0 Å². The van der Waals surface area contributed by atoms with Gasteiger partial charge in [0.15, 0.2) is 5.13 Å². The number of carbonyl (C=O) groups excluding carboxylic acids is 1. The first kappa shape index (κ1) is 27.5. The summed E-state index contributed by atoms with van der Waals surface area (Å²) in [6.07, 6.45) is -10.1. The molecule has 1 aliphatic carbocycles. The number of alkyl halides is 6. The number of hydrogen-bond acceptors (Lipinski definition) is 6. The molecule has 0 atom stereocenters. The van der Waals surface area contributed by atoms with E-state index in [4.69, 9.17) is 5.11 Å². The van der Waals surface area contributed by atoms with Crippen LogP contribution in [0.5, 0.6) is 0 Å². The summed E-state index contributed by atoms with van der Waals surface area (Å²) < 4.78 is 81.0. The first-order valence-electron chi connectivity index (χ1n) is 10.0. The number of nitrogens with one attached hydrogen (secondary N) is 1. The van der Waals surface area contributed by atoms with Crippen molar-refractivity contribution in [3.05, 3.63) is 6.20 Å². The van der Waals surface area contributed by atoms with Crippen molar-refractivity contribution < 1.29 is 45.8 Å². The van der Waals surface area contributed by atoms with Crippen LogP contribution in [0, 0.1) is 0 Å². The smallest absolute Gasteiger partial charge is 0.423 e. The van der Waals surface area contributed by atoms with Gasteiger partial charge in [0, 0.05) is 18.3 Å². The molecule has 1 heterocycles. The summed E-state index contributed by atoms with van der Waals surface area (Å²) in [5, 5.41) is 11.4. The predicted octanol–water partition coefficient (Wildman–Crippen LogP) is 5.39. The Balaban J connectivity index is 2.01. The maximum absolute atomic E-state index is 12.8. The molecular weight excluding hydrogens is 500 g/mol. The van der Waals surface area contributed by atoms with Crippen LogP contribution in [0.1, 0.15) is 38.5 Å². The van der Waals surface area contributed by atoms with E-state index < -0.39 is 43.6 Å². The van der Waals surface area contributed by atoms with Crippen LogP contribution < -0.4 is 5.32 Å². The van der Waals surface area contributed by atoms with Crippen LogP contribution in [0.4, 0.5) is 36.3 Å². The van der Waals surface area contributed by atoms with Crippen molar-refractivity contribution in [3.8, 4) is 0 Å². The Kier molecular flexibility index (Phi) is 10.1. The lowest BCUT2D eigenvalue weighted by atomic mass is 9.94. The molecule has 0 unspecified atom stereocenters. The lowest BCUT2D eigenvalue weighted by Crippen LogP contribution is -2.48. The molecule has 0 radical (unpaired) electrons. The molecule has 0 bridgehead atoms. The molecule has 0 saturated heterocycles. The molecule has 2 rings (SSSR count). The summed E-state index contributed by atoms with van der Waals surface area (Å²) in [5.41, 5.74) is 0. The van der Waals surface area contributed by atoms with E-state index in [0.717, 1.165) is 30.6 Å². The summed E-state index contributed by atoms with van der Waals surface area (Å²) >= 11 is 2.32. The molecule has 1 aliphatic rings. The fourth-order valence-corrected chi connectivity index (χ4v) is 5.14. The minimum Gasteiger partial charge on any atom is -0.481 e. The summed E-state index contributed by atoms with van der Waals surface area (Å²) in [6.45, 7) is -1.40. The van der Waals surface area contributed by atoms with Crippen molar-refractivity contribution in [1.82, 2.24) is 9.88 Å². The van der Waals surface area contributed by atoms with Crippen LogP contribution in [-0.4, -0.2) is 70.4 Å². The summed E-state index contributed by atoms with van der Waals surface area (Å²) in [7, 11) is 0. The van der Waals surface area contributed by atoms with E-state index in [-0.39, 0.29) is 17.6 Å². The number of hydrogen-bond donors (Lipinski definition) is 2. The highest BCUT2D eigenvalue weighted by molar-refractivity contribution is 8.01. The molecule has 188 valence electrons. The fourth-order valence-electron chi connectivity index (χ4n) is 3.27. The van der Waals surface area contributed by atoms with Crippen LogP contribution in [-0.2, 0) is 9.53 Å². The van der Waals surface area contributed by atoms with Gasteiger partial charge in [-0.2, -0.15) is 26.3 Å². The summed E-state index contributed by atoms with van der Waals surface area (Å²) in [6, 6.07) is -1.04. The third-order valence-corrected chi connectivity index (χ3v) is 6.86. The van der Waals surface area contributed by atoms with Crippen molar-refractivity contribution in [1.29, 1.82) is 0 Å².